The van der Waals surface area contributed by atoms with Crippen molar-refractivity contribution in [3.05, 3.63) is 131 Å². The van der Waals surface area contributed by atoms with Gasteiger partial charge < -0.3 is 0 Å². The Morgan fingerprint density at radius 2 is 1.03 bits per heavy atom. The number of halogens is 5. The summed E-state index contributed by atoms with van der Waals surface area (Å²) in [6, 6.07) is 42.0. The fraction of sp³-hybridized carbons (Fsp3) is 0.444. The van der Waals surface area contributed by atoms with Crippen molar-refractivity contribution in [2.45, 2.75) is 129 Å². The molecular formula is C54H61Cl2F3SiZr. The molecule has 2 radical (unpaired) electrons. The second-order valence-electron chi connectivity index (χ2n) is 18.6. The summed E-state index contributed by atoms with van der Waals surface area (Å²) in [5.41, 5.74) is 12.7. The summed E-state index contributed by atoms with van der Waals surface area (Å²) >= 11 is -0.826. The number of hydrogen-bond donors (Lipinski definition) is 0. The molecule has 0 amide bonds. The topological polar surface area (TPSA) is 0 Å². The predicted octanol–water partition coefficient (Wildman–Crippen LogP) is 17.3. The minimum atomic E-state index is -3.94. The molecule has 0 unspecified atom stereocenters. The monoisotopic (exact) mass is 954 g/mol. The molecule has 0 heterocycles. The van der Waals surface area contributed by atoms with E-state index in [-0.39, 0.29) is 6.04 Å². The van der Waals surface area contributed by atoms with Crippen LogP contribution < -0.4 is 0 Å². The first kappa shape index (κ1) is 46.6. The number of aryl methyl sites for hydroxylation is 2. The van der Waals surface area contributed by atoms with E-state index in [1.807, 2.05) is 0 Å². The van der Waals surface area contributed by atoms with Gasteiger partial charge in [0.05, 0.1) is 0 Å². The molecule has 7 heteroatoms. The first-order valence-electron chi connectivity index (χ1n) is 22.7. The van der Waals surface area contributed by atoms with Crippen LogP contribution in [0.4, 0.5) is 13.2 Å². The summed E-state index contributed by atoms with van der Waals surface area (Å²) < 4.78 is 33.7. The first-order valence-corrected chi connectivity index (χ1v) is 30.7. The molecule has 4 fully saturated rings. The van der Waals surface area contributed by atoms with E-state index in [2.05, 4.69) is 123 Å². The molecule has 4 aliphatic rings. The van der Waals surface area contributed by atoms with Crippen LogP contribution >= 0.6 is 17.0 Å². The summed E-state index contributed by atoms with van der Waals surface area (Å²) in [7, 11) is 10.3. The molecule has 10 rings (SSSR count). The molecular weight excluding hydrogens is 896 g/mol. The zero-order valence-electron chi connectivity index (χ0n) is 36.3. The van der Waals surface area contributed by atoms with E-state index in [1.54, 1.807) is 17.7 Å². The van der Waals surface area contributed by atoms with Gasteiger partial charge in [0.2, 0.25) is 0 Å². The Labute approximate surface area is 384 Å². The normalized spacial score (nSPS) is 22.3. The van der Waals surface area contributed by atoms with Gasteiger partial charge in [-0.05, 0) is 135 Å². The summed E-state index contributed by atoms with van der Waals surface area (Å²) in [5, 5.41) is 5.70. The standard InChI is InChI=1S/2C25H27.C4H7F3Si.2ClH.Zr/c2*1-2-18-6-8-21(9-7-18)23-5-3-4-22-14-20(15-24(22)23)17-25-12-10-19(16-25)11-13-25;1-8-3-2-4(5,6)7;;;/h2*3-9,14-15,19H,2,10-13,16-17H2,1H3;2-3H2,1H3;2*1H;/q2*-1;;;;+4/p-2. The van der Waals surface area contributed by atoms with Crippen molar-refractivity contribution in [1.82, 2.24) is 0 Å². The Kier molecular flexibility index (Phi) is 16.1. The SMILES string of the molecule is CCc1ccc(-c2cccc3[cH-]c(CC45CCC(CC4)C5)cc23)cc1.CCc1ccc(-c2cccc3[cH-]c(CC45CCC(CC4)C5)cc23)cc1.C[Si]CCC(F)(F)F.[Cl][Zr+2][Cl]. The average Bonchev–Trinajstić information content (AvgIpc) is 4.14. The van der Waals surface area contributed by atoms with E-state index < -0.39 is 33.4 Å². The van der Waals surface area contributed by atoms with Crippen LogP contribution in [0.3, 0.4) is 0 Å². The third kappa shape index (κ3) is 11.8. The summed E-state index contributed by atoms with van der Waals surface area (Å²) in [6.45, 7) is 6.20. The molecule has 0 atom stereocenters. The van der Waals surface area contributed by atoms with Gasteiger partial charge in [-0.25, -0.2) is 0 Å². The molecule has 320 valence electrons. The van der Waals surface area contributed by atoms with Crippen molar-refractivity contribution in [2.24, 2.45) is 22.7 Å². The Balaban J connectivity index is 0.000000149. The molecule has 6 aromatic carbocycles. The number of rotatable bonds is 10. The molecule has 4 bridgehead atoms. The number of hydrogen-bond acceptors (Lipinski definition) is 0. The Bertz CT molecular complexity index is 2130. The van der Waals surface area contributed by atoms with Crippen molar-refractivity contribution in [3.8, 4) is 22.3 Å². The zero-order valence-corrected chi connectivity index (χ0v) is 41.2. The second kappa shape index (κ2) is 21.0. The van der Waals surface area contributed by atoms with Crippen molar-refractivity contribution < 1.29 is 34.0 Å². The van der Waals surface area contributed by atoms with E-state index in [1.165, 1.54) is 132 Å². The summed E-state index contributed by atoms with van der Waals surface area (Å²) in [6.07, 6.45) is 15.0. The summed E-state index contributed by atoms with van der Waals surface area (Å²) in [4.78, 5) is 0. The molecule has 0 aromatic heterocycles. The molecule has 4 aliphatic carbocycles. The number of alkyl halides is 3. The van der Waals surface area contributed by atoms with Crippen LogP contribution in [0.5, 0.6) is 0 Å². The van der Waals surface area contributed by atoms with Gasteiger partial charge in [-0.2, -0.15) is 25.3 Å². The van der Waals surface area contributed by atoms with Crippen molar-refractivity contribution in [3.63, 3.8) is 0 Å². The van der Waals surface area contributed by atoms with Gasteiger partial charge >= 0.3 is 44.1 Å². The second-order valence-corrected chi connectivity index (χ2v) is 23.6. The van der Waals surface area contributed by atoms with Gasteiger partial charge in [0.1, 0.15) is 0 Å². The van der Waals surface area contributed by atoms with E-state index in [0.29, 0.717) is 20.3 Å². The third-order valence-corrected chi connectivity index (χ3v) is 15.3. The first-order chi connectivity index (χ1) is 29.5. The maximum atomic E-state index is 11.2. The van der Waals surface area contributed by atoms with E-state index in [9.17, 15) is 13.2 Å². The molecule has 0 N–H and O–H groups in total. The maximum absolute atomic E-state index is 11.2. The minimum absolute atomic E-state index is 0.281. The molecule has 61 heavy (non-hydrogen) atoms. The van der Waals surface area contributed by atoms with E-state index in [4.69, 9.17) is 17.0 Å². The molecule has 0 saturated heterocycles. The van der Waals surface area contributed by atoms with Gasteiger partial charge in [-0.1, -0.05) is 98.2 Å². The zero-order chi connectivity index (χ0) is 43.0. The number of fused-ring (bicyclic) bond motifs is 6. The van der Waals surface area contributed by atoms with Gasteiger partial charge in [-0.15, -0.1) is 69.1 Å². The third-order valence-electron chi connectivity index (χ3n) is 14.6. The van der Waals surface area contributed by atoms with Crippen LogP contribution in [0.15, 0.2) is 109 Å². The van der Waals surface area contributed by atoms with Gasteiger partial charge in [0.25, 0.3) is 0 Å². The van der Waals surface area contributed by atoms with Crippen molar-refractivity contribution in [1.29, 1.82) is 0 Å². The van der Waals surface area contributed by atoms with Gasteiger partial charge in [0.15, 0.2) is 0 Å². The predicted molar refractivity (Wildman–Crippen MR) is 253 cm³/mol. The Morgan fingerprint density at radius 3 is 1.33 bits per heavy atom. The summed E-state index contributed by atoms with van der Waals surface area (Å²) in [5.74, 6) is 2.08. The van der Waals surface area contributed by atoms with Crippen LogP contribution in [0, 0.1) is 22.7 Å². The average molecular weight is 957 g/mol. The Morgan fingerprint density at radius 1 is 0.639 bits per heavy atom. The fourth-order valence-corrected chi connectivity index (χ4v) is 11.9. The molecule has 6 aromatic rings. The van der Waals surface area contributed by atoms with Crippen LogP contribution in [0.2, 0.25) is 12.6 Å². The Hall–Kier alpha value is -2.43. The van der Waals surface area contributed by atoms with Gasteiger partial charge in [0, 0.05) is 15.9 Å². The molecule has 0 spiro atoms. The van der Waals surface area contributed by atoms with Crippen molar-refractivity contribution in [2.75, 3.05) is 0 Å². The fourth-order valence-electron chi connectivity index (χ4n) is 11.4. The number of benzene rings is 4. The molecule has 0 nitrogen and oxygen atoms in total. The van der Waals surface area contributed by atoms with Crippen molar-refractivity contribution >= 4 is 48.1 Å². The van der Waals surface area contributed by atoms with Crippen LogP contribution in [0.25, 0.3) is 43.8 Å². The van der Waals surface area contributed by atoms with Crippen LogP contribution in [-0.2, 0) is 46.5 Å². The molecule has 0 aliphatic heterocycles. The quantitative estimate of drug-likeness (QED) is 0.0948. The van der Waals surface area contributed by atoms with Crippen LogP contribution in [-0.4, -0.2) is 15.7 Å². The van der Waals surface area contributed by atoms with E-state index >= 15 is 0 Å². The molecule has 4 saturated carbocycles. The van der Waals surface area contributed by atoms with Gasteiger partial charge in [-0.3, -0.25) is 0 Å². The van der Waals surface area contributed by atoms with Crippen LogP contribution in [0.1, 0.15) is 107 Å². The van der Waals surface area contributed by atoms with E-state index in [0.717, 1.165) is 24.7 Å².